The molecule has 29 heavy (non-hydrogen) atoms. The number of hydrogen-bond donors (Lipinski definition) is 1. The van der Waals surface area contributed by atoms with Crippen molar-refractivity contribution in [3.63, 3.8) is 0 Å². The van der Waals surface area contributed by atoms with Crippen molar-refractivity contribution in [1.82, 2.24) is 15.1 Å². The van der Waals surface area contributed by atoms with Gasteiger partial charge in [-0.05, 0) is 43.7 Å². The lowest BCUT2D eigenvalue weighted by atomic mass is 10.1. The zero-order valence-electron chi connectivity index (χ0n) is 15.9. The van der Waals surface area contributed by atoms with E-state index >= 15 is 0 Å². The fourth-order valence-electron chi connectivity index (χ4n) is 2.79. The van der Waals surface area contributed by atoms with E-state index in [1.165, 1.54) is 16.8 Å². The van der Waals surface area contributed by atoms with Gasteiger partial charge in [-0.25, -0.2) is 13.9 Å². The second kappa shape index (κ2) is 8.87. The number of amides is 1. The first-order valence-electron chi connectivity index (χ1n) is 8.89. The van der Waals surface area contributed by atoms with E-state index in [1.54, 1.807) is 38.1 Å². The summed E-state index contributed by atoms with van der Waals surface area (Å²) in [7, 11) is 0. The zero-order valence-corrected chi connectivity index (χ0v) is 16.6. The van der Waals surface area contributed by atoms with Crippen molar-refractivity contribution in [2.24, 2.45) is 0 Å². The Morgan fingerprint density at radius 1 is 1.17 bits per heavy atom. The Morgan fingerprint density at radius 2 is 1.83 bits per heavy atom. The van der Waals surface area contributed by atoms with E-state index in [0.717, 1.165) is 5.56 Å². The molecule has 1 aromatic heterocycles. The Kier molecular flexibility index (Phi) is 6.29. The fraction of sp³-hybridized carbons (Fsp3) is 0.190. The molecule has 1 amide bonds. The number of aryl methyl sites for hydroxylation is 1. The van der Waals surface area contributed by atoms with Crippen LogP contribution < -0.4 is 5.32 Å². The van der Waals surface area contributed by atoms with Crippen LogP contribution in [0.5, 0.6) is 0 Å². The van der Waals surface area contributed by atoms with E-state index in [0.29, 0.717) is 11.4 Å². The van der Waals surface area contributed by atoms with Gasteiger partial charge in [0.2, 0.25) is 0 Å². The highest BCUT2D eigenvalue weighted by Gasteiger charge is 2.23. The fourth-order valence-corrected chi connectivity index (χ4v) is 3.14. The number of carbonyl (C=O) groups is 2. The van der Waals surface area contributed by atoms with Crippen LogP contribution in [0.15, 0.2) is 54.6 Å². The Labute approximate surface area is 172 Å². The number of halogens is 2. The third-order valence-electron chi connectivity index (χ3n) is 4.29. The molecule has 0 unspecified atom stereocenters. The van der Waals surface area contributed by atoms with Crippen LogP contribution in [-0.2, 0) is 9.53 Å². The highest BCUT2D eigenvalue weighted by atomic mass is 35.5. The van der Waals surface area contributed by atoms with Crippen molar-refractivity contribution >= 4 is 23.5 Å². The lowest BCUT2D eigenvalue weighted by Crippen LogP contribution is -2.31. The summed E-state index contributed by atoms with van der Waals surface area (Å²) in [6.07, 6.45) is 0. The van der Waals surface area contributed by atoms with Crippen molar-refractivity contribution in [3.05, 3.63) is 82.4 Å². The maximum Gasteiger partial charge on any atom is 0.343 e. The molecule has 1 atom stereocenters. The van der Waals surface area contributed by atoms with Crippen molar-refractivity contribution in [2.75, 3.05) is 6.61 Å². The first-order chi connectivity index (χ1) is 13.9. The second-order valence-electron chi connectivity index (χ2n) is 6.42. The van der Waals surface area contributed by atoms with Crippen molar-refractivity contribution in [1.29, 1.82) is 0 Å². The lowest BCUT2D eigenvalue weighted by molar-refractivity contribution is -0.124. The minimum atomic E-state index is -0.737. The van der Waals surface area contributed by atoms with Gasteiger partial charge in [-0.15, -0.1) is 0 Å². The van der Waals surface area contributed by atoms with Crippen LogP contribution in [0.25, 0.3) is 5.69 Å². The molecule has 0 radical (unpaired) electrons. The summed E-state index contributed by atoms with van der Waals surface area (Å²) in [5.41, 5.74) is 1.93. The summed E-state index contributed by atoms with van der Waals surface area (Å²) in [6, 6.07) is 14.5. The van der Waals surface area contributed by atoms with E-state index in [-0.39, 0.29) is 22.6 Å². The molecular weight excluding hydrogens is 397 g/mol. The van der Waals surface area contributed by atoms with E-state index in [9.17, 15) is 14.0 Å². The number of ether oxygens (including phenoxy) is 1. The first kappa shape index (κ1) is 20.5. The van der Waals surface area contributed by atoms with Gasteiger partial charge >= 0.3 is 5.97 Å². The molecule has 0 aliphatic carbocycles. The number of nitrogens with one attached hydrogen (secondary N) is 1. The van der Waals surface area contributed by atoms with Crippen molar-refractivity contribution < 1.29 is 18.7 Å². The SMILES string of the molecule is Cc1nn(-c2ccccc2)c(Cl)c1C(=O)OCC(=O)N[C@H](C)c1ccc(F)cc1. The van der Waals surface area contributed by atoms with Gasteiger partial charge in [0.25, 0.3) is 5.91 Å². The van der Waals surface area contributed by atoms with Crippen LogP contribution in [0.2, 0.25) is 5.15 Å². The lowest BCUT2D eigenvalue weighted by Gasteiger charge is -2.14. The summed E-state index contributed by atoms with van der Waals surface area (Å²) >= 11 is 6.32. The smallest absolute Gasteiger partial charge is 0.343 e. The highest BCUT2D eigenvalue weighted by molar-refractivity contribution is 6.33. The van der Waals surface area contributed by atoms with E-state index < -0.39 is 18.5 Å². The molecule has 0 aliphatic rings. The number of carbonyl (C=O) groups excluding carboxylic acids is 2. The van der Waals surface area contributed by atoms with Gasteiger partial charge in [0.05, 0.1) is 17.4 Å². The van der Waals surface area contributed by atoms with E-state index in [4.69, 9.17) is 16.3 Å². The van der Waals surface area contributed by atoms with Crippen molar-refractivity contribution in [2.45, 2.75) is 19.9 Å². The molecule has 0 saturated heterocycles. The first-order valence-corrected chi connectivity index (χ1v) is 9.27. The Balaban J connectivity index is 1.63. The standard InChI is InChI=1S/C21H19ClFN3O3/c1-13(15-8-10-16(23)11-9-15)24-18(27)12-29-21(28)19-14(2)25-26(20(19)22)17-6-4-3-5-7-17/h3-11,13H,12H2,1-2H3,(H,24,27)/t13-/m1/s1. The minimum Gasteiger partial charge on any atom is -0.452 e. The highest BCUT2D eigenvalue weighted by Crippen LogP contribution is 2.24. The predicted octanol–water partition coefficient (Wildman–Crippen LogP) is 4.01. The van der Waals surface area contributed by atoms with Gasteiger partial charge in [-0.1, -0.05) is 41.9 Å². The second-order valence-corrected chi connectivity index (χ2v) is 6.77. The molecule has 3 aromatic rings. The van der Waals surface area contributed by atoms with E-state index in [1.807, 2.05) is 18.2 Å². The Bertz CT molecular complexity index is 1020. The summed E-state index contributed by atoms with van der Waals surface area (Å²) in [6.45, 7) is 2.91. The molecule has 0 saturated carbocycles. The van der Waals surface area contributed by atoms with Gasteiger partial charge in [-0.3, -0.25) is 4.79 Å². The predicted molar refractivity (Wildman–Crippen MR) is 107 cm³/mol. The molecule has 150 valence electrons. The molecule has 0 fully saturated rings. The van der Waals surface area contributed by atoms with Gasteiger partial charge < -0.3 is 10.1 Å². The monoisotopic (exact) mass is 415 g/mol. The Hall–Kier alpha value is -3.19. The maximum absolute atomic E-state index is 13.0. The summed E-state index contributed by atoms with van der Waals surface area (Å²) in [5, 5.41) is 7.08. The molecule has 0 aliphatic heterocycles. The average Bonchev–Trinajstić information content (AvgIpc) is 3.01. The van der Waals surface area contributed by atoms with Crippen LogP contribution in [0.3, 0.4) is 0 Å². The molecule has 1 heterocycles. The largest absolute Gasteiger partial charge is 0.452 e. The molecule has 0 bridgehead atoms. The quantitative estimate of drug-likeness (QED) is 0.617. The number of benzene rings is 2. The number of rotatable bonds is 6. The van der Waals surface area contributed by atoms with Crippen LogP contribution in [0.1, 0.15) is 34.6 Å². The zero-order chi connectivity index (χ0) is 21.0. The molecule has 3 rings (SSSR count). The van der Waals surface area contributed by atoms with Crippen LogP contribution in [0, 0.1) is 12.7 Å². The average molecular weight is 416 g/mol. The summed E-state index contributed by atoms with van der Waals surface area (Å²) in [4.78, 5) is 24.6. The molecule has 1 N–H and O–H groups in total. The normalized spacial score (nSPS) is 11.7. The minimum absolute atomic E-state index is 0.106. The van der Waals surface area contributed by atoms with Crippen LogP contribution >= 0.6 is 11.6 Å². The number of hydrogen-bond acceptors (Lipinski definition) is 4. The molecule has 0 spiro atoms. The summed E-state index contributed by atoms with van der Waals surface area (Å²) in [5.74, 6) is -1.58. The Morgan fingerprint density at radius 3 is 2.48 bits per heavy atom. The topological polar surface area (TPSA) is 73.2 Å². The molecular formula is C21H19ClFN3O3. The molecule has 8 heteroatoms. The number of para-hydroxylation sites is 1. The van der Waals surface area contributed by atoms with Gasteiger partial charge in [0, 0.05) is 0 Å². The van der Waals surface area contributed by atoms with Gasteiger partial charge in [0.1, 0.15) is 16.5 Å². The summed E-state index contributed by atoms with van der Waals surface area (Å²) < 4.78 is 19.5. The van der Waals surface area contributed by atoms with Crippen LogP contribution in [-0.4, -0.2) is 28.3 Å². The maximum atomic E-state index is 13.0. The number of esters is 1. The third kappa shape index (κ3) is 4.81. The van der Waals surface area contributed by atoms with Gasteiger partial charge in [0.15, 0.2) is 6.61 Å². The van der Waals surface area contributed by atoms with E-state index in [2.05, 4.69) is 10.4 Å². The number of aromatic nitrogens is 2. The number of nitrogens with zero attached hydrogens (tertiary/aromatic N) is 2. The molecule has 6 nitrogen and oxygen atoms in total. The third-order valence-corrected chi connectivity index (χ3v) is 4.64. The molecule has 2 aromatic carbocycles. The van der Waals surface area contributed by atoms with Gasteiger partial charge in [-0.2, -0.15) is 5.10 Å². The van der Waals surface area contributed by atoms with Crippen LogP contribution in [0.4, 0.5) is 4.39 Å². The van der Waals surface area contributed by atoms with Crippen molar-refractivity contribution in [3.8, 4) is 5.69 Å².